The van der Waals surface area contributed by atoms with Crippen LogP contribution in [-0.4, -0.2) is 84.1 Å². The van der Waals surface area contributed by atoms with E-state index in [-0.39, 0.29) is 24.3 Å². The number of likely N-dealkylation sites (N-methyl/N-ethyl adjacent to an activating group) is 2. The van der Waals surface area contributed by atoms with Crippen LogP contribution in [0.3, 0.4) is 0 Å². The van der Waals surface area contributed by atoms with Crippen molar-refractivity contribution in [2.75, 3.05) is 32.6 Å². The second kappa shape index (κ2) is 15.1. The van der Waals surface area contributed by atoms with Crippen LogP contribution < -0.4 is 18.0 Å². The molecule has 11 heteroatoms. The average Bonchev–Trinajstić information content (AvgIpc) is 3.00. The highest BCUT2D eigenvalue weighted by atomic mass is 32.2. The third-order valence-electron chi connectivity index (χ3n) is 7.70. The summed E-state index contributed by atoms with van der Waals surface area (Å²) in [6.45, 7) is 4.37. The van der Waals surface area contributed by atoms with E-state index in [0.717, 1.165) is 23.6 Å². The number of amides is 1. The predicted octanol–water partition coefficient (Wildman–Crippen LogP) is 4.18. The van der Waals surface area contributed by atoms with Gasteiger partial charge in [-0.15, -0.1) is 0 Å². The number of benzene rings is 3. The lowest BCUT2D eigenvalue weighted by Gasteiger charge is -2.41. The Balaban J connectivity index is 1.33. The van der Waals surface area contributed by atoms with Gasteiger partial charge in [0.25, 0.3) is 18.2 Å². The fourth-order valence-corrected chi connectivity index (χ4v) is 6.02. The van der Waals surface area contributed by atoms with Crippen molar-refractivity contribution in [1.82, 2.24) is 0 Å². The molecule has 0 aliphatic carbocycles. The van der Waals surface area contributed by atoms with Crippen LogP contribution in [0.15, 0.2) is 78.9 Å². The van der Waals surface area contributed by atoms with Crippen molar-refractivity contribution in [1.29, 1.82) is 0 Å². The number of aliphatic hydroxyl groups is 3. The third-order valence-corrected chi connectivity index (χ3v) is 8.21. The van der Waals surface area contributed by atoms with Gasteiger partial charge in [-0.25, -0.2) is 0 Å². The van der Waals surface area contributed by atoms with E-state index >= 15 is 0 Å². The molecule has 1 fully saturated rings. The lowest BCUT2D eigenvalue weighted by Crippen LogP contribution is -2.58. The van der Waals surface area contributed by atoms with Crippen LogP contribution in [0.5, 0.6) is 17.2 Å². The second-order valence-corrected chi connectivity index (χ2v) is 12.4. The number of nitrogens with zero attached hydrogens (tertiary/aromatic N) is 2. The molecule has 1 amide bonds. The van der Waals surface area contributed by atoms with Gasteiger partial charge in [0.1, 0.15) is 24.5 Å². The summed E-state index contributed by atoms with van der Waals surface area (Å²) in [6, 6.07) is 24.0. The second-order valence-electron chi connectivity index (χ2n) is 11.9. The van der Waals surface area contributed by atoms with E-state index in [0.29, 0.717) is 28.3 Å². The number of ether oxygens (including phenoxy) is 2. The fourth-order valence-electron chi connectivity index (χ4n) is 5.58. The SMILES string of the molecule is CC(C)C(C(=O)N(C)c1ccccc1)[N+](C)(C)Cc1ccc(OSOc2ccccc2OC2CC(O)C(O)C(CO)O2)cc1. The molecule has 0 spiro atoms. The van der Waals surface area contributed by atoms with Crippen molar-refractivity contribution < 1.29 is 42.4 Å². The van der Waals surface area contributed by atoms with Gasteiger partial charge in [-0.3, -0.25) is 4.79 Å². The fraction of sp³-hybridized carbons (Fsp3) is 0.424. The number of carbonyl (C=O) groups excluding carboxylic acids is 1. The molecule has 3 N–H and O–H groups in total. The number of hydrogen-bond donors (Lipinski definition) is 3. The Morgan fingerprint density at radius 3 is 2.25 bits per heavy atom. The van der Waals surface area contributed by atoms with E-state index in [1.807, 2.05) is 61.6 Å². The van der Waals surface area contributed by atoms with E-state index in [4.69, 9.17) is 17.8 Å². The van der Waals surface area contributed by atoms with Crippen LogP contribution in [0.1, 0.15) is 25.8 Å². The van der Waals surface area contributed by atoms with Crippen molar-refractivity contribution in [2.24, 2.45) is 5.92 Å². The monoisotopic (exact) mass is 627 g/mol. The summed E-state index contributed by atoms with van der Waals surface area (Å²) in [6.07, 6.45) is -4.06. The van der Waals surface area contributed by atoms with Crippen molar-refractivity contribution >= 4 is 23.9 Å². The van der Waals surface area contributed by atoms with E-state index in [2.05, 4.69) is 27.9 Å². The van der Waals surface area contributed by atoms with Crippen LogP contribution in [0, 0.1) is 5.92 Å². The highest BCUT2D eigenvalue weighted by Gasteiger charge is 2.40. The van der Waals surface area contributed by atoms with E-state index < -0.39 is 31.2 Å². The van der Waals surface area contributed by atoms with Crippen LogP contribution >= 0.6 is 12.3 Å². The Bertz CT molecular complexity index is 1340. The molecule has 5 unspecified atom stereocenters. The van der Waals surface area contributed by atoms with Gasteiger partial charge in [-0.2, -0.15) is 0 Å². The van der Waals surface area contributed by atoms with Crippen LogP contribution in [-0.2, 0) is 16.1 Å². The molecular formula is C33H43N2O8S+. The van der Waals surface area contributed by atoms with Crippen molar-refractivity contribution in [3.63, 3.8) is 0 Å². The zero-order valence-electron chi connectivity index (χ0n) is 25.8. The molecule has 1 heterocycles. The van der Waals surface area contributed by atoms with Crippen LogP contribution in [0.2, 0.25) is 0 Å². The summed E-state index contributed by atoms with van der Waals surface area (Å²) in [5.41, 5.74) is 1.93. The molecule has 1 aliphatic rings. The zero-order valence-corrected chi connectivity index (χ0v) is 26.6. The first-order chi connectivity index (χ1) is 21.0. The number of aliphatic hydroxyl groups excluding tert-OH is 3. The van der Waals surface area contributed by atoms with E-state index in [1.165, 1.54) is 0 Å². The standard InChI is InChI=1S/C33H43N2O8S/c1-22(2)31(33(39)34(3)24-11-7-6-8-12-24)35(4,5)20-23-15-17-25(18-16-23)42-44-43-28-14-10-9-13-27(28)40-30-19-26(37)32(38)29(21-36)41-30/h6-18,22,26,29-32,36-38H,19-21H2,1-5H3/q+1. The molecule has 5 atom stereocenters. The largest absolute Gasteiger partial charge is 0.461 e. The molecule has 0 saturated carbocycles. The summed E-state index contributed by atoms with van der Waals surface area (Å²) in [5, 5.41) is 29.5. The molecule has 4 rings (SSSR count). The average molecular weight is 628 g/mol. The van der Waals surface area contributed by atoms with E-state index in [9.17, 15) is 20.1 Å². The summed E-state index contributed by atoms with van der Waals surface area (Å²) in [4.78, 5) is 15.4. The number of quaternary nitrogens is 1. The van der Waals surface area contributed by atoms with Crippen LogP contribution in [0.25, 0.3) is 0 Å². The molecule has 0 aromatic heterocycles. The van der Waals surface area contributed by atoms with Gasteiger partial charge >= 0.3 is 0 Å². The molecule has 3 aromatic rings. The maximum atomic E-state index is 13.6. The number of anilines is 1. The summed E-state index contributed by atoms with van der Waals surface area (Å²) in [7, 11) is 6.00. The summed E-state index contributed by atoms with van der Waals surface area (Å²) < 4.78 is 23.4. The Hall–Kier alpha value is -3.32. The quantitative estimate of drug-likeness (QED) is 0.190. The molecule has 1 aliphatic heterocycles. The van der Waals surface area contributed by atoms with Gasteiger partial charge in [0.15, 0.2) is 17.5 Å². The minimum Gasteiger partial charge on any atom is -0.461 e. The first kappa shape index (κ1) is 33.6. The number of para-hydroxylation sites is 3. The maximum absolute atomic E-state index is 13.6. The third kappa shape index (κ3) is 8.44. The number of rotatable bonds is 13. The topological polar surface area (TPSA) is 118 Å². The molecule has 0 bridgehead atoms. The first-order valence-electron chi connectivity index (χ1n) is 14.6. The molecule has 44 heavy (non-hydrogen) atoms. The summed E-state index contributed by atoms with van der Waals surface area (Å²) >= 11 is 0.770. The van der Waals surface area contributed by atoms with Gasteiger partial charge in [0, 0.05) is 30.6 Å². The Labute approximate surface area is 263 Å². The van der Waals surface area contributed by atoms with Crippen molar-refractivity contribution in [2.45, 2.75) is 57.5 Å². The lowest BCUT2D eigenvalue weighted by atomic mass is 9.98. The molecule has 10 nitrogen and oxygen atoms in total. The molecule has 3 aromatic carbocycles. The van der Waals surface area contributed by atoms with E-state index in [1.54, 1.807) is 29.2 Å². The van der Waals surface area contributed by atoms with Gasteiger partial charge in [-0.05, 0) is 48.5 Å². The van der Waals surface area contributed by atoms with Gasteiger partial charge in [-0.1, -0.05) is 44.2 Å². The molecular weight excluding hydrogens is 584 g/mol. The number of carbonyl (C=O) groups is 1. The zero-order chi connectivity index (χ0) is 31.9. The Morgan fingerprint density at radius 1 is 0.977 bits per heavy atom. The Morgan fingerprint density at radius 2 is 1.61 bits per heavy atom. The van der Waals surface area contributed by atoms with Crippen molar-refractivity contribution in [3.8, 4) is 17.2 Å². The van der Waals surface area contributed by atoms with Gasteiger partial charge in [0.05, 0.1) is 26.8 Å². The normalized spacial score (nSPS) is 21.0. The molecule has 1 saturated heterocycles. The Kier molecular flexibility index (Phi) is 11.5. The highest BCUT2D eigenvalue weighted by Crippen LogP contribution is 2.33. The predicted molar refractivity (Wildman–Crippen MR) is 169 cm³/mol. The first-order valence-corrected chi connectivity index (χ1v) is 15.3. The maximum Gasteiger partial charge on any atom is 0.293 e. The smallest absolute Gasteiger partial charge is 0.293 e. The van der Waals surface area contributed by atoms with Crippen LogP contribution in [0.4, 0.5) is 5.69 Å². The summed E-state index contributed by atoms with van der Waals surface area (Å²) in [5.74, 6) is 1.52. The highest BCUT2D eigenvalue weighted by molar-refractivity contribution is 7.90. The lowest BCUT2D eigenvalue weighted by molar-refractivity contribution is -0.922. The van der Waals surface area contributed by atoms with Gasteiger partial charge < -0.3 is 42.5 Å². The number of hydrogen-bond acceptors (Lipinski definition) is 9. The molecule has 238 valence electrons. The molecule has 0 radical (unpaired) electrons. The van der Waals surface area contributed by atoms with Gasteiger partial charge in [0.2, 0.25) is 6.29 Å². The van der Waals surface area contributed by atoms with Crippen molar-refractivity contribution in [3.05, 3.63) is 84.4 Å². The minimum atomic E-state index is -1.19. The minimum absolute atomic E-state index is 0.0350.